The first-order chi connectivity index (χ1) is 12.3. The smallest absolute Gasteiger partial charge is 0.0561 e. The zero-order valence-electron chi connectivity index (χ0n) is 14.2. The first-order valence-corrected chi connectivity index (χ1v) is 8.55. The molecule has 0 fully saturated rings. The second-order valence-corrected chi connectivity index (χ2v) is 6.25. The number of nitrogens with one attached hydrogen (secondary N) is 1. The third-order valence-electron chi connectivity index (χ3n) is 4.62. The molecule has 0 saturated carbocycles. The van der Waals surface area contributed by atoms with E-state index in [4.69, 9.17) is 0 Å². The molecule has 0 aromatic heterocycles. The minimum atomic E-state index is 0.983. The fourth-order valence-corrected chi connectivity index (χ4v) is 3.32. The topological polar surface area (TPSA) is 24.4 Å². The first-order valence-electron chi connectivity index (χ1n) is 8.55. The zero-order chi connectivity index (χ0) is 17.1. The molecule has 0 unspecified atom stereocenters. The van der Waals surface area contributed by atoms with Crippen molar-refractivity contribution in [2.24, 2.45) is 5.10 Å². The fourth-order valence-electron chi connectivity index (χ4n) is 3.32. The summed E-state index contributed by atoms with van der Waals surface area (Å²) in [6.07, 6.45) is 7.36. The minimum Gasteiger partial charge on any atom is -0.279 e. The van der Waals surface area contributed by atoms with E-state index in [1.165, 1.54) is 33.0 Å². The highest BCUT2D eigenvalue weighted by molar-refractivity contribution is 6.05. The summed E-state index contributed by atoms with van der Waals surface area (Å²) in [6, 6.07) is 22.9. The molecule has 0 amide bonds. The summed E-state index contributed by atoms with van der Waals surface area (Å²) in [6.45, 7) is 2.18. The van der Waals surface area contributed by atoms with Gasteiger partial charge in [-0.3, -0.25) is 5.43 Å². The SMILES string of the molecule is CC1=C(c2ccc3ccccc3c2C=NNc2ccccc2)CC=C1. The van der Waals surface area contributed by atoms with E-state index in [0.29, 0.717) is 0 Å². The van der Waals surface area contributed by atoms with Gasteiger partial charge in [0.2, 0.25) is 0 Å². The van der Waals surface area contributed by atoms with E-state index in [2.05, 4.69) is 66.0 Å². The van der Waals surface area contributed by atoms with Gasteiger partial charge in [0.15, 0.2) is 0 Å². The van der Waals surface area contributed by atoms with Gasteiger partial charge in [-0.05, 0) is 53.0 Å². The van der Waals surface area contributed by atoms with Gasteiger partial charge in [0.25, 0.3) is 0 Å². The molecule has 4 rings (SSSR count). The van der Waals surface area contributed by atoms with Gasteiger partial charge >= 0.3 is 0 Å². The minimum absolute atomic E-state index is 0.983. The number of hydrazone groups is 1. The quantitative estimate of drug-likeness (QED) is 0.460. The van der Waals surface area contributed by atoms with Crippen LogP contribution in [0.4, 0.5) is 5.69 Å². The summed E-state index contributed by atoms with van der Waals surface area (Å²) in [5.41, 5.74) is 9.25. The molecule has 2 nitrogen and oxygen atoms in total. The van der Waals surface area contributed by atoms with Crippen molar-refractivity contribution in [3.63, 3.8) is 0 Å². The first kappa shape index (κ1) is 15.4. The molecule has 0 radical (unpaired) electrons. The summed E-state index contributed by atoms with van der Waals surface area (Å²) in [5.74, 6) is 0. The predicted octanol–water partition coefficient (Wildman–Crippen LogP) is 6.02. The van der Waals surface area contributed by atoms with Gasteiger partial charge in [0, 0.05) is 5.56 Å². The Morgan fingerprint density at radius 2 is 1.72 bits per heavy atom. The van der Waals surface area contributed by atoms with Gasteiger partial charge in [-0.1, -0.05) is 66.7 Å². The number of hydrogen-bond acceptors (Lipinski definition) is 2. The number of fused-ring (bicyclic) bond motifs is 1. The molecule has 122 valence electrons. The standard InChI is InChI=1S/C23H20N2/c1-17-8-7-13-20(17)22-15-14-18-9-5-6-12-21(18)23(22)16-24-25-19-10-3-2-4-11-19/h2-12,14-16,25H,13H2,1H3. The van der Waals surface area contributed by atoms with Crippen LogP contribution < -0.4 is 5.43 Å². The Labute approximate surface area is 148 Å². The lowest BCUT2D eigenvalue weighted by Gasteiger charge is -2.12. The molecule has 1 aliphatic rings. The van der Waals surface area contributed by atoms with Crippen molar-refractivity contribution < 1.29 is 0 Å². The average Bonchev–Trinajstić information content (AvgIpc) is 3.08. The van der Waals surface area contributed by atoms with Crippen LogP contribution in [0.25, 0.3) is 16.3 Å². The Balaban J connectivity index is 1.78. The fraction of sp³-hybridized carbons (Fsp3) is 0.0870. The number of hydrogen-bond donors (Lipinski definition) is 1. The molecule has 1 aliphatic carbocycles. The van der Waals surface area contributed by atoms with Crippen molar-refractivity contribution in [1.82, 2.24) is 0 Å². The van der Waals surface area contributed by atoms with Gasteiger partial charge in [0.05, 0.1) is 11.9 Å². The molecule has 3 aromatic rings. The van der Waals surface area contributed by atoms with Gasteiger partial charge < -0.3 is 0 Å². The van der Waals surface area contributed by atoms with E-state index < -0.39 is 0 Å². The van der Waals surface area contributed by atoms with Crippen LogP contribution in [-0.4, -0.2) is 6.21 Å². The lowest BCUT2D eigenvalue weighted by molar-refractivity contribution is 1.35. The van der Waals surface area contributed by atoms with Crippen molar-refractivity contribution in [1.29, 1.82) is 0 Å². The Kier molecular flexibility index (Phi) is 4.17. The summed E-state index contributed by atoms with van der Waals surface area (Å²) in [4.78, 5) is 0. The molecule has 0 aliphatic heterocycles. The molecule has 0 bridgehead atoms. The molecule has 0 spiro atoms. The molecule has 25 heavy (non-hydrogen) atoms. The summed E-state index contributed by atoms with van der Waals surface area (Å²) >= 11 is 0. The van der Waals surface area contributed by atoms with Crippen LogP contribution in [0.3, 0.4) is 0 Å². The molecule has 3 aromatic carbocycles. The van der Waals surface area contributed by atoms with Gasteiger partial charge in [0.1, 0.15) is 0 Å². The van der Waals surface area contributed by atoms with Gasteiger partial charge in [-0.2, -0.15) is 5.10 Å². The summed E-state index contributed by atoms with van der Waals surface area (Å²) in [7, 11) is 0. The number of rotatable bonds is 4. The van der Waals surface area contributed by atoms with Crippen LogP contribution in [0.15, 0.2) is 89.6 Å². The summed E-state index contributed by atoms with van der Waals surface area (Å²) < 4.78 is 0. The Morgan fingerprint density at radius 1 is 0.920 bits per heavy atom. The number of allylic oxidation sites excluding steroid dienone is 4. The zero-order valence-corrected chi connectivity index (χ0v) is 14.2. The lowest BCUT2D eigenvalue weighted by atomic mass is 9.92. The Bertz CT molecular complexity index is 995. The van der Waals surface area contributed by atoms with Crippen LogP contribution in [0.2, 0.25) is 0 Å². The molecular weight excluding hydrogens is 304 g/mol. The van der Waals surface area contributed by atoms with E-state index in [1.807, 2.05) is 36.5 Å². The second-order valence-electron chi connectivity index (χ2n) is 6.25. The third-order valence-corrected chi connectivity index (χ3v) is 4.62. The maximum absolute atomic E-state index is 4.50. The lowest BCUT2D eigenvalue weighted by Crippen LogP contribution is -1.97. The van der Waals surface area contributed by atoms with E-state index in [9.17, 15) is 0 Å². The number of para-hydroxylation sites is 1. The Hall–Kier alpha value is -3.13. The molecule has 2 heteroatoms. The van der Waals surface area contributed by atoms with Gasteiger partial charge in [-0.25, -0.2) is 0 Å². The molecule has 0 saturated heterocycles. The highest BCUT2D eigenvalue weighted by Crippen LogP contribution is 2.33. The van der Waals surface area contributed by atoms with Crippen molar-refractivity contribution in [3.8, 4) is 0 Å². The third kappa shape index (κ3) is 3.11. The molecule has 0 heterocycles. The molecule has 0 atom stereocenters. The second kappa shape index (κ2) is 6.78. The van der Waals surface area contributed by atoms with Crippen molar-refractivity contribution >= 4 is 28.2 Å². The van der Waals surface area contributed by atoms with Crippen molar-refractivity contribution in [2.75, 3.05) is 5.43 Å². The molecular formula is C23H20N2. The van der Waals surface area contributed by atoms with E-state index in [-0.39, 0.29) is 0 Å². The maximum Gasteiger partial charge on any atom is 0.0561 e. The number of nitrogens with zero attached hydrogens (tertiary/aromatic N) is 1. The van der Waals surface area contributed by atoms with Crippen LogP contribution >= 0.6 is 0 Å². The maximum atomic E-state index is 4.50. The highest BCUT2D eigenvalue weighted by atomic mass is 15.3. The van der Waals surface area contributed by atoms with E-state index in [0.717, 1.165) is 12.1 Å². The normalized spacial score (nSPS) is 14.0. The Morgan fingerprint density at radius 3 is 2.52 bits per heavy atom. The monoisotopic (exact) mass is 324 g/mol. The van der Waals surface area contributed by atoms with E-state index in [1.54, 1.807) is 0 Å². The van der Waals surface area contributed by atoms with Crippen LogP contribution in [0.5, 0.6) is 0 Å². The van der Waals surface area contributed by atoms with Crippen molar-refractivity contribution in [3.05, 3.63) is 95.6 Å². The van der Waals surface area contributed by atoms with Crippen LogP contribution in [-0.2, 0) is 0 Å². The van der Waals surface area contributed by atoms with E-state index >= 15 is 0 Å². The highest BCUT2D eigenvalue weighted by Gasteiger charge is 2.13. The van der Waals surface area contributed by atoms with Crippen LogP contribution in [0, 0.1) is 0 Å². The largest absolute Gasteiger partial charge is 0.279 e. The number of anilines is 1. The van der Waals surface area contributed by atoms with Crippen LogP contribution in [0.1, 0.15) is 24.5 Å². The summed E-state index contributed by atoms with van der Waals surface area (Å²) in [5, 5.41) is 6.96. The van der Waals surface area contributed by atoms with Gasteiger partial charge in [-0.15, -0.1) is 0 Å². The average molecular weight is 324 g/mol. The number of benzene rings is 3. The predicted molar refractivity (Wildman–Crippen MR) is 108 cm³/mol. The molecule has 1 N–H and O–H groups in total. The van der Waals surface area contributed by atoms with Crippen molar-refractivity contribution in [2.45, 2.75) is 13.3 Å².